The highest BCUT2D eigenvalue weighted by atomic mass is 14.8. The second-order valence-electron chi connectivity index (χ2n) is 4.25. The molecule has 0 aliphatic rings. The van der Waals surface area contributed by atoms with Gasteiger partial charge in [0.25, 0.3) is 0 Å². The molecule has 0 spiro atoms. The first-order valence-electron chi connectivity index (χ1n) is 6.30. The van der Waals surface area contributed by atoms with Gasteiger partial charge in [-0.05, 0) is 37.8 Å². The van der Waals surface area contributed by atoms with Crippen molar-refractivity contribution in [3.05, 3.63) is 47.1 Å². The summed E-state index contributed by atoms with van der Waals surface area (Å²) < 4.78 is 0. The van der Waals surface area contributed by atoms with Crippen LogP contribution in [0.2, 0.25) is 0 Å². The molecule has 1 N–H and O–H groups in total. The lowest BCUT2D eigenvalue weighted by atomic mass is 10.00. The van der Waals surface area contributed by atoms with Crippen LogP contribution in [0.15, 0.2) is 35.9 Å². The van der Waals surface area contributed by atoms with E-state index in [9.17, 15) is 0 Å². The van der Waals surface area contributed by atoms with Gasteiger partial charge in [-0.15, -0.1) is 0 Å². The zero-order valence-electron chi connectivity index (χ0n) is 11.4. The van der Waals surface area contributed by atoms with E-state index in [1.165, 1.54) is 22.4 Å². The predicted octanol–water partition coefficient (Wildman–Crippen LogP) is 4.66. The molecule has 1 rings (SSSR count). The van der Waals surface area contributed by atoms with Gasteiger partial charge in [-0.1, -0.05) is 48.9 Å². The number of benzene rings is 1. The predicted molar refractivity (Wildman–Crippen MR) is 78.4 cm³/mol. The zero-order valence-corrected chi connectivity index (χ0v) is 11.4. The minimum absolute atomic E-state index is 1.01. The fourth-order valence-electron chi connectivity index (χ4n) is 1.86. The van der Waals surface area contributed by atoms with Gasteiger partial charge in [0, 0.05) is 12.7 Å². The molecule has 0 aromatic heterocycles. The van der Waals surface area contributed by atoms with E-state index in [0.717, 1.165) is 12.8 Å². The lowest BCUT2D eigenvalue weighted by molar-refractivity contribution is 1.13. The van der Waals surface area contributed by atoms with Crippen LogP contribution in [0.5, 0.6) is 0 Å². The van der Waals surface area contributed by atoms with Crippen molar-refractivity contribution in [1.29, 1.82) is 0 Å². The Kier molecular flexibility index (Phi) is 5.55. The highest BCUT2D eigenvalue weighted by Crippen LogP contribution is 2.24. The molecule has 0 atom stereocenters. The van der Waals surface area contributed by atoms with E-state index < -0.39 is 0 Å². The molecule has 0 saturated heterocycles. The van der Waals surface area contributed by atoms with Crippen LogP contribution in [0, 0.1) is 0 Å². The quantitative estimate of drug-likeness (QED) is 0.724. The Morgan fingerprint density at radius 2 is 2.12 bits per heavy atom. The topological polar surface area (TPSA) is 12.0 Å². The summed E-state index contributed by atoms with van der Waals surface area (Å²) in [7, 11) is 1.99. The van der Waals surface area contributed by atoms with Crippen LogP contribution in [0.1, 0.15) is 38.3 Å². The molecule has 1 aromatic rings. The Balaban J connectivity index is 3.09. The summed E-state index contributed by atoms with van der Waals surface area (Å²) >= 11 is 0. The van der Waals surface area contributed by atoms with Gasteiger partial charge in [0.1, 0.15) is 0 Å². The lowest BCUT2D eigenvalue weighted by Gasteiger charge is -2.12. The van der Waals surface area contributed by atoms with Gasteiger partial charge in [-0.2, -0.15) is 0 Å². The van der Waals surface area contributed by atoms with Crippen LogP contribution >= 0.6 is 0 Å². The Hall–Kier alpha value is -1.50. The molecular formula is C16H23N. The zero-order chi connectivity index (χ0) is 12.7. The monoisotopic (exact) mass is 229 g/mol. The fourth-order valence-corrected chi connectivity index (χ4v) is 1.86. The third kappa shape index (κ3) is 3.77. The second kappa shape index (κ2) is 6.95. The van der Waals surface area contributed by atoms with Crippen LogP contribution in [0.3, 0.4) is 0 Å². The van der Waals surface area contributed by atoms with Gasteiger partial charge >= 0.3 is 0 Å². The van der Waals surface area contributed by atoms with Crippen LogP contribution in [-0.4, -0.2) is 7.05 Å². The molecule has 0 saturated carbocycles. The number of allylic oxidation sites excluding steroid dienone is 3. The summed E-state index contributed by atoms with van der Waals surface area (Å²) in [5.41, 5.74) is 5.29. The van der Waals surface area contributed by atoms with Crippen LogP contribution in [0.25, 0.3) is 6.08 Å². The van der Waals surface area contributed by atoms with Crippen molar-refractivity contribution in [1.82, 2.24) is 0 Å². The van der Waals surface area contributed by atoms with Gasteiger partial charge in [-0.25, -0.2) is 0 Å². The van der Waals surface area contributed by atoms with Crippen molar-refractivity contribution in [3.63, 3.8) is 0 Å². The van der Waals surface area contributed by atoms with Crippen molar-refractivity contribution in [2.45, 2.75) is 33.6 Å². The number of para-hydroxylation sites is 1. The number of hydrogen-bond donors (Lipinski definition) is 1. The normalized spacial score (nSPS) is 12.1. The minimum atomic E-state index is 1.01. The first kappa shape index (κ1) is 13.6. The van der Waals surface area contributed by atoms with Crippen molar-refractivity contribution in [2.75, 3.05) is 12.4 Å². The SMILES string of the molecule is C/C=C(\C)Cc1cccc(/C=C\CC)c1NC. The molecule has 0 fully saturated rings. The van der Waals surface area contributed by atoms with E-state index >= 15 is 0 Å². The third-order valence-electron chi connectivity index (χ3n) is 2.93. The maximum atomic E-state index is 3.32. The van der Waals surface area contributed by atoms with Gasteiger partial charge in [0.05, 0.1) is 0 Å². The van der Waals surface area contributed by atoms with Crippen molar-refractivity contribution in [2.24, 2.45) is 0 Å². The number of hydrogen-bond acceptors (Lipinski definition) is 1. The molecule has 0 aliphatic heterocycles. The third-order valence-corrected chi connectivity index (χ3v) is 2.93. The molecule has 1 heteroatoms. The summed E-state index contributed by atoms with van der Waals surface area (Å²) in [6.07, 6.45) is 8.65. The van der Waals surface area contributed by atoms with E-state index in [-0.39, 0.29) is 0 Å². The average molecular weight is 229 g/mol. The fraction of sp³-hybridized carbons (Fsp3) is 0.375. The highest BCUT2D eigenvalue weighted by molar-refractivity contribution is 5.70. The van der Waals surface area contributed by atoms with Crippen molar-refractivity contribution < 1.29 is 0 Å². The van der Waals surface area contributed by atoms with E-state index in [4.69, 9.17) is 0 Å². The maximum Gasteiger partial charge on any atom is 0.0446 e. The number of rotatable bonds is 5. The smallest absolute Gasteiger partial charge is 0.0446 e. The average Bonchev–Trinajstić information content (AvgIpc) is 2.36. The van der Waals surface area contributed by atoms with Gasteiger partial charge in [0.15, 0.2) is 0 Å². The second-order valence-corrected chi connectivity index (χ2v) is 4.25. The minimum Gasteiger partial charge on any atom is -0.387 e. The standard InChI is InChI=1S/C16H23N/c1-5-7-9-14-10-8-11-15(16(14)17-4)12-13(3)6-2/h6-11,17H,5,12H2,1-4H3/b9-7-,13-6+. The Labute approximate surface area is 105 Å². The first-order valence-corrected chi connectivity index (χ1v) is 6.30. The molecule has 1 aromatic carbocycles. The van der Waals surface area contributed by atoms with Gasteiger partial charge in [-0.3, -0.25) is 0 Å². The summed E-state index contributed by atoms with van der Waals surface area (Å²) in [6.45, 7) is 6.42. The maximum absolute atomic E-state index is 3.32. The van der Waals surface area contributed by atoms with Crippen molar-refractivity contribution in [3.8, 4) is 0 Å². The molecule has 0 heterocycles. The number of nitrogens with one attached hydrogen (secondary N) is 1. The van der Waals surface area contributed by atoms with E-state index in [1.807, 2.05) is 7.05 Å². The highest BCUT2D eigenvalue weighted by Gasteiger charge is 2.04. The summed E-state index contributed by atoms with van der Waals surface area (Å²) in [6, 6.07) is 6.49. The largest absolute Gasteiger partial charge is 0.387 e. The van der Waals surface area contributed by atoms with Crippen molar-refractivity contribution >= 4 is 11.8 Å². The van der Waals surface area contributed by atoms with Crippen LogP contribution in [-0.2, 0) is 6.42 Å². The first-order chi connectivity index (χ1) is 8.22. The summed E-state index contributed by atoms with van der Waals surface area (Å²) in [4.78, 5) is 0. The Morgan fingerprint density at radius 1 is 1.35 bits per heavy atom. The Morgan fingerprint density at radius 3 is 2.71 bits per heavy atom. The number of anilines is 1. The summed E-state index contributed by atoms with van der Waals surface area (Å²) in [5, 5.41) is 3.32. The van der Waals surface area contributed by atoms with Crippen LogP contribution in [0.4, 0.5) is 5.69 Å². The molecule has 0 amide bonds. The molecule has 0 unspecified atom stereocenters. The van der Waals surface area contributed by atoms with E-state index in [1.54, 1.807) is 0 Å². The molecule has 92 valence electrons. The molecule has 17 heavy (non-hydrogen) atoms. The van der Waals surface area contributed by atoms with E-state index in [0.29, 0.717) is 0 Å². The molecular weight excluding hydrogens is 206 g/mol. The Bertz CT molecular complexity index is 414. The molecule has 0 radical (unpaired) electrons. The molecule has 1 nitrogen and oxygen atoms in total. The molecule has 0 aliphatic carbocycles. The van der Waals surface area contributed by atoms with Gasteiger partial charge in [0.2, 0.25) is 0 Å². The lowest BCUT2D eigenvalue weighted by Crippen LogP contribution is -1.99. The van der Waals surface area contributed by atoms with Crippen LogP contribution < -0.4 is 5.32 Å². The van der Waals surface area contributed by atoms with E-state index in [2.05, 4.69) is 62.5 Å². The molecule has 0 bridgehead atoms. The van der Waals surface area contributed by atoms with Gasteiger partial charge < -0.3 is 5.32 Å². The summed E-state index contributed by atoms with van der Waals surface area (Å²) in [5.74, 6) is 0.